The van der Waals surface area contributed by atoms with Crippen molar-refractivity contribution in [1.29, 1.82) is 0 Å². The number of nitrogens with one attached hydrogen (secondary N) is 3. The minimum absolute atomic E-state index is 0.122. The third kappa shape index (κ3) is 11.3. The Balaban J connectivity index is 1.56. The normalized spacial score (nSPS) is 19.4. The number of halogens is 4. The van der Waals surface area contributed by atoms with E-state index in [2.05, 4.69) is 16.0 Å². The average Bonchev–Trinajstić information content (AvgIpc) is 3.10. The first-order valence-electron chi connectivity index (χ1n) is 17.0. The van der Waals surface area contributed by atoms with E-state index in [4.69, 9.17) is 9.47 Å². The predicted octanol–water partition coefficient (Wildman–Crippen LogP) is 7.45. The van der Waals surface area contributed by atoms with E-state index in [9.17, 15) is 37.1 Å². The van der Waals surface area contributed by atoms with Crippen LogP contribution in [-0.2, 0) is 10.9 Å². The summed E-state index contributed by atoms with van der Waals surface area (Å²) < 4.78 is 64.7. The van der Waals surface area contributed by atoms with Crippen molar-refractivity contribution >= 4 is 35.0 Å². The van der Waals surface area contributed by atoms with Gasteiger partial charge in [0.1, 0.15) is 11.6 Å². The number of hydrogen-bond donors (Lipinski definition) is 4. The highest BCUT2D eigenvalue weighted by Gasteiger charge is 2.32. The summed E-state index contributed by atoms with van der Waals surface area (Å²) in [6, 6.07) is 12.1. The number of carbonyl (C=O) groups excluding carboxylic acids is 3. The number of alkyl halides is 3. The number of ether oxygens (including phenoxy) is 2. The van der Waals surface area contributed by atoms with Crippen molar-refractivity contribution in [2.45, 2.75) is 64.5 Å². The molecule has 11 nitrogen and oxygen atoms in total. The molecule has 5 amide bonds. The molecule has 0 saturated heterocycles. The third-order valence-electron chi connectivity index (χ3n) is 8.68. The van der Waals surface area contributed by atoms with Crippen LogP contribution in [0.3, 0.4) is 0 Å². The molecule has 3 aromatic rings. The third-order valence-corrected chi connectivity index (χ3v) is 8.68. The largest absolute Gasteiger partial charge is 0.490 e. The van der Waals surface area contributed by atoms with Crippen LogP contribution in [0.1, 0.15) is 56.0 Å². The maximum Gasteiger partial charge on any atom is 0.416 e. The summed E-state index contributed by atoms with van der Waals surface area (Å²) in [7, 11) is 1.61. The Morgan fingerprint density at radius 1 is 0.962 bits per heavy atom. The smallest absolute Gasteiger partial charge is 0.416 e. The van der Waals surface area contributed by atoms with Crippen LogP contribution in [0.15, 0.2) is 66.7 Å². The predicted molar refractivity (Wildman–Crippen MR) is 189 cm³/mol. The molecule has 4 atom stereocenters. The molecule has 0 aromatic heterocycles. The number of hydrogen-bond acceptors (Lipinski definition) is 6. The van der Waals surface area contributed by atoms with Gasteiger partial charge in [-0.05, 0) is 99.8 Å². The van der Waals surface area contributed by atoms with Gasteiger partial charge in [0, 0.05) is 49.7 Å². The van der Waals surface area contributed by atoms with Crippen LogP contribution in [-0.4, -0.2) is 84.5 Å². The van der Waals surface area contributed by atoms with E-state index in [1.165, 1.54) is 40.1 Å². The average molecular weight is 732 g/mol. The van der Waals surface area contributed by atoms with Gasteiger partial charge in [0.05, 0.1) is 36.0 Å². The summed E-state index contributed by atoms with van der Waals surface area (Å²) in [5.74, 6) is -0.972. The first-order chi connectivity index (χ1) is 24.6. The molecule has 1 aliphatic rings. The van der Waals surface area contributed by atoms with Crippen LogP contribution in [0.25, 0.3) is 0 Å². The van der Waals surface area contributed by atoms with Crippen molar-refractivity contribution in [3.05, 3.63) is 83.7 Å². The van der Waals surface area contributed by atoms with Crippen molar-refractivity contribution in [3.63, 3.8) is 0 Å². The maximum absolute atomic E-state index is 14.3. The number of nitrogens with zero attached hydrogens (tertiary/aromatic N) is 2. The molecule has 0 fully saturated rings. The Kier molecular flexibility index (Phi) is 13.8. The lowest BCUT2D eigenvalue weighted by atomic mass is 10.0. The van der Waals surface area contributed by atoms with Crippen LogP contribution >= 0.6 is 0 Å². The standard InChI is InChI=1S/C37H45F4N5O6/c1-23-20-46(24(2)22-47)34(48)31-19-30(43-35(49)42-28-12-8-26(9-13-28)37(39,40)41)16-17-32(31)52-25(3)7-5-6-18-51-33(23)21-45(4)36(50)44-29-14-10-27(38)11-15-29/h8-17,19,23-25,33,47H,5-7,18,20-22H2,1-4H3,(H,44,50)(H2,42,43,49)/t23-,24-,25+,33-/m0/s1. The molecule has 1 heterocycles. The van der Waals surface area contributed by atoms with E-state index in [-0.39, 0.29) is 54.4 Å². The summed E-state index contributed by atoms with van der Waals surface area (Å²) in [6.07, 6.45) is -3.22. The molecule has 52 heavy (non-hydrogen) atoms. The zero-order valence-electron chi connectivity index (χ0n) is 29.5. The number of aliphatic hydroxyl groups is 1. The fourth-order valence-electron chi connectivity index (χ4n) is 5.60. The van der Waals surface area contributed by atoms with E-state index in [0.29, 0.717) is 25.1 Å². The van der Waals surface area contributed by atoms with Crippen LogP contribution < -0.4 is 20.7 Å². The Labute approximate surface area is 300 Å². The van der Waals surface area contributed by atoms with Crippen molar-refractivity contribution in [2.24, 2.45) is 5.92 Å². The fraction of sp³-hybridized carbons (Fsp3) is 0.432. The van der Waals surface area contributed by atoms with Crippen molar-refractivity contribution in [2.75, 3.05) is 49.3 Å². The first kappa shape index (κ1) is 39.9. The zero-order chi connectivity index (χ0) is 38.0. The molecule has 0 radical (unpaired) electrons. The summed E-state index contributed by atoms with van der Waals surface area (Å²) in [6.45, 7) is 5.78. The number of urea groups is 2. The van der Waals surface area contributed by atoms with Gasteiger partial charge < -0.3 is 40.3 Å². The topological polar surface area (TPSA) is 132 Å². The van der Waals surface area contributed by atoms with Gasteiger partial charge in [-0.2, -0.15) is 13.2 Å². The maximum atomic E-state index is 14.3. The first-order valence-corrected chi connectivity index (χ1v) is 17.0. The second-order valence-corrected chi connectivity index (χ2v) is 13.0. The van der Waals surface area contributed by atoms with E-state index in [1.807, 2.05) is 13.8 Å². The second-order valence-electron chi connectivity index (χ2n) is 13.0. The quantitative estimate of drug-likeness (QED) is 0.187. The molecule has 4 rings (SSSR count). The minimum atomic E-state index is -4.52. The van der Waals surface area contributed by atoms with Crippen molar-refractivity contribution in [1.82, 2.24) is 9.80 Å². The highest BCUT2D eigenvalue weighted by Crippen LogP contribution is 2.31. The number of carbonyl (C=O) groups is 3. The van der Waals surface area contributed by atoms with Crippen LogP contribution in [0.4, 0.5) is 44.2 Å². The van der Waals surface area contributed by atoms with Gasteiger partial charge in [-0.3, -0.25) is 4.79 Å². The lowest BCUT2D eigenvalue weighted by Crippen LogP contribution is -2.48. The SMILES string of the molecule is C[C@@H]1CCCCO[C@@H](CN(C)C(=O)Nc2ccc(F)cc2)[C@@H](C)CN([C@@H](C)CO)C(=O)c2cc(NC(=O)Nc3ccc(C(F)(F)F)cc3)ccc2O1. The summed E-state index contributed by atoms with van der Waals surface area (Å²) >= 11 is 0. The molecule has 0 aliphatic carbocycles. The van der Waals surface area contributed by atoms with Crippen molar-refractivity contribution < 1.29 is 46.5 Å². The highest BCUT2D eigenvalue weighted by atomic mass is 19.4. The van der Waals surface area contributed by atoms with Gasteiger partial charge in [-0.15, -0.1) is 0 Å². The summed E-state index contributed by atoms with van der Waals surface area (Å²) in [4.78, 5) is 43.1. The van der Waals surface area contributed by atoms with Gasteiger partial charge >= 0.3 is 18.2 Å². The molecule has 15 heteroatoms. The minimum Gasteiger partial charge on any atom is -0.490 e. The Morgan fingerprint density at radius 3 is 2.23 bits per heavy atom. The number of anilines is 3. The monoisotopic (exact) mass is 731 g/mol. The lowest BCUT2D eigenvalue weighted by Gasteiger charge is -2.35. The number of rotatable bonds is 7. The summed E-state index contributed by atoms with van der Waals surface area (Å²) in [5, 5.41) is 18.0. The Hall–Kier alpha value is -4.89. The van der Waals surface area contributed by atoms with Crippen molar-refractivity contribution in [3.8, 4) is 5.75 Å². The van der Waals surface area contributed by atoms with Crippen LogP contribution in [0.5, 0.6) is 5.75 Å². The molecule has 0 spiro atoms. The van der Waals surface area contributed by atoms with E-state index in [0.717, 1.165) is 30.7 Å². The van der Waals surface area contributed by atoms with E-state index < -0.39 is 47.7 Å². The molecule has 1 aliphatic heterocycles. The molecular formula is C37H45F4N5O6. The number of amides is 5. The van der Waals surface area contributed by atoms with Gasteiger partial charge in [0.25, 0.3) is 5.91 Å². The second kappa shape index (κ2) is 18.0. The van der Waals surface area contributed by atoms with Gasteiger partial charge in [0.2, 0.25) is 0 Å². The van der Waals surface area contributed by atoms with Gasteiger partial charge in [0.15, 0.2) is 0 Å². The molecule has 282 valence electrons. The van der Waals surface area contributed by atoms with Gasteiger partial charge in [-0.25, -0.2) is 14.0 Å². The molecule has 0 saturated carbocycles. The van der Waals surface area contributed by atoms with E-state index in [1.54, 1.807) is 26.1 Å². The fourth-order valence-corrected chi connectivity index (χ4v) is 5.60. The number of likely N-dealkylation sites (N-methyl/N-ethyl adjacent to an activating group) is 1. The number of aliphatic hydroxyl groups excluding tert-OH is 1. The highest BCUT2D eigenvalue weighted by molar-refractivity contribution is 6.02. The molecule has 0 bridgehead atoms. The molecular weight excluding hydrogens is 686 g/mol. The van der Waals surface area contributed by atoms with Crippen LogP contribution in [0.2, 0.25) is 0 Å². The van der Waals surface area contributed by atoms with E-state index >= 15 is 0 Å². The summed E-state index contributed by atoms with van der Waals surface area (Å²) in [5.41, 5.74) is 0.0354. The Bertz CT molecular complexity index is 1660. The van der Waals surface area contributed by atoms with Gasteiger partial charge in [-0.1, -0.05) is 6.92 Å². The molecule has 0 unspecified atom stereocenters. The Morgan fingerprint density at radius 2 is 1.58 bits per heavy atom. The number of fused-ring (bicyclic) bond motifs is 1. The van der Waals surface area contributed by atoms with Crippen LogP contribution in [0, 0.1) is 11.7 Å². The lowest BCUT2D eigenvalue weighted by molar-refractivity contribution is -0.137. The molecule has 4 N–H and O–H groups in total. The number of benzene rings is 3. The molecule has 3 aromatic carbocycles. The zero-order valence-corrected chi connectivity index (χ0v) is 29.5.